The zero-order valence-corrected chi connectivity index (χ0v) is 19.1. The summed E-state index contributed by atoms with van der Waals surface area (Å²) in [5.74, 6) is 0.648. The molecular formula is C26H24ClN3O3. The largest absolute Gasteiger partial charge is 0.449 e. The van der Waals surface area contributed by atoms with Gasteiger partial charge < -0.3 is 14.8 Å². The number of halogens is 1. The van der Waals surface area contributed by atoms with Crippen molar-refractivity contribution >= 4 is 34.6 Å². The Morgan fingerprint density at radius 2 is 1.70 bits per heavy atom. The van der Waals surface area contributed by atoms with Crippen molar-refractivity contribution in [2.45, 2.75) is 25.5 Å². The molecule has 0 aliphatic carbocycles. The number of benzene rings is 3. The Morgan fingerprint density at radius 1 is 1.03 bits per heavy atom. The molecule has 0 aromatic heterocycles. The molecule has 0 radical (unpaired) electrons. The fourth-order valence-corrected chi connectivity index (χ4v) is 4.26. The molecule has 3 aromatic carbocycles. The fourth-order valence-electron chi connectivity index (χ4n) is 4.07. The van der Waals surface area contributed by atoms with E-state index in [4.69, 9.17) is 21.1 Å². The van der Waals surface area contributed by atoms with E-state index < -0.39 is 5.79 Å². The normalized spacial score (nSPS) is 16.0. The van der Waals surface area contributed by atoms with Crippen LogP contribution >= 0.6 is 11.6 Å². The molecule has 0 saturated carbocycles. The first-order chi connectivity index (χ1) is 15.9. The summed E-state index contributed by atoms with van der Waals surface area (Å²) in [6.07, 6.45) is 0. The average molecular weight is 462 g/mol. The predicted molar refractivity (Wildman–Crippen MR) is 130 cm³/mol. The highest BCUT2D eigenvalue weighted by molar-refractivity contribution is 6.17. The number of amides is 2. The van der Waals surface area contributed by atoms with Gasteiger partial charge in [-0.3, -0.25) is 5.43 Å². The highest BCUT2D eigenvalue weighted by Crippen LogP contribution is 2.44. The molecule has 2 amide bonds. The number of urea groups is 1. The zero-order valence-electron chi connectivity index (χ0n) is 18.4. The lowest BCUT2D eigenvalue weighted by atomic mass is 10.0. The molecule has 5 rings (SSSR count). The molecule has 2 aliphatic rings. The van der Waals surface area contributed by atoms with E-state index in [0.717, 1.165) is 28.0 Å². The smallest absolute Gasteiger partial charge is 0.340 e. The van der Waals surface area contributed by atoms with Crippen molar-refractivity contribution in [3.8, 4) is 11.5 Å². The monoisotopic (exact) mass is 461 g/mol. The SMILES string of the molecule is CC1(C)Oc2cc(NC(=O)N3CC(c4ccccc4)=C(c4ccccc4)N3)cc(CCl)c2O1. The highest BCUT2D eigenvalue weighted by atomic mass is 35.5. The van der Waals surface area contributed by atoms with Gasteiger partial charge in [-0.05, 0) is 17.2 Å². The van der Waals surface area contributed by atoms with Gasteiger partial charge in [-0.2, -0.15) is 0 Å². The van der Waals surface area contributed by atoms with Crippen molar-refractivity contribution in [2.75, 3.05) is 11.9 Å². The number of fused-ring (bicyclic) bond motifs is 1. The first kappa shape index (κ1) is 21.2. The van der Waals surface area contributed by atoms with Crippen LogP contribution in [0, 0.1) is 0 Å². The van der Waals surface area contributed by atoms with Crippen LogP contribution in [0.25, 0.3) is 11.3 Å². The molecule has 7 heteroatoms. The van der Waals surface area contributed by atoms with Gasteiger partial charge in [0.1, 0.15) is 0 Å². The summed E-state index contributed by atoms with van der Waals surface area (Å²) < 4.78 is 11.7. The number of carbonyl (C=O) groups excluding carboxylic acids is 1. The molecule has 33 heavy (non-hydrogen) atoms. The molecule has 2 aliphatic heterocycles. The molecule has 0 unspecified atom stereocenters. The average Bonchev–Trinajstić information content (AvgIpc) is 3.40. The highest BCUT2D eigenvalue weighted by Gasteiger charge is 2.34. The zero-order chi connectivity index (χ0) is 23.0. The number of hydrazine groups is 1. The second-order valence-electron chi connectivity index (χ2n) is 8.41. The van der Waals surface area contributed by atoms with Gasteiger partial charge in [0.2, 0.25) is 5.79 Å². The third kappa shape index (κ3) is 4.22. The van der Waals surface area contributed by atoms with E-state index in [2.05, 4.69) is 10.7 Å². The molecular weight excluding hydrogens is 438 g/mol. The summed E-state index contributed by atoms with van der Waals surface area (Å²) in [7, 11) is 0. The molecule has 0 saturated heterocycles. The minimum atomic E-state index is -0.776. The van der Waals surface area contributed by atoms with Crippen molar-refractivity contribution in [2.24, 2.45) is 0 Å². The molecule has 0 atom stereocenters. The lowest BCUT2D eigenvalue weighted by Crippen LogP contribution is -2.40. The van der Waals surface area contributed by atoms with Crippen molar-refractivity contribution < 1.29 is 14.3 Å². The van der Waals surface area contributed by atoms with Gasteiger partial charge in [-0.25, -0.2) is 9.80 Å². The Bertz CT molecular complexity index is 1170. The Morgan fingerprint density at radius 3 is 2.36 bits per heavy atom. The van der Waals surface area contributed by atoms with E-state index in [-0.39, 0.29) is 11.9 Å². The number of hydrogen-bond donors (Lipinski definition) is 2. The molecule has 0 spiro atoms. The van der Waals surface area contributed by atoms with Gasteiger partial charge >= 0.3 is 6.03 Å². The van der Waals surface area contributed by atoms with Gasteiger partial charge in [-0.15, -0.1) is 11.6 Å². The number of rotatable bonds is 4. The van der Waals surface area contributed by atoms with Crippen LogP contribution in [-0.4, -0.2) is 23.4 Å². The van der Waals surface area contributed by atoms with E-state index in [1.165, 1.54) is 0 Å². The minimum Gasteiger partial charge on any atom is -0.449 e. The van der Waals surface area contributed by atoms with Crippen LogP contribution in [0.15, 0.2) is 72.8 Å². The van der Waals surface area contributed by atoms with E-state index in [1.807, 2.05) is 80.6 Å². The number of nitrogens with one attached hydrogen (secondary N) is 2. The Hall–Kier alpha value is -3.64. The Labute approximate surface area is 197 Å². The van der Waals surface area contributed by atoms with Crippen LogP contribution in [0.3, 0.4) is 0 Å². The summed E-state index contributed by atoms with van der Waals surface area (Å²) >= 11 is 6.14. The molecule has 2 heterocycles. The first-order valence-electron chi connectivity index (χ1n) is 10.7. The number of alkyl halides is 1. The van der Waals surface area contributed by atoms with E-state index in [1.54, 1.807) is 11.1 Å². The summed E-state index contributed by atoms with van der Waals surface area (Å²) in [5, 5.41) is 4.53. The first-order valence-corrected chi connectivity index (χ1v) is 11.3. The summed E-state index contributed by atoms with van der Waals surface area (Å²) in [6, 6.07) is 23.4. The summed E-state index contributed by atoms with van der Waals surface area (Å²) in [4.78, 5) is 13.2. The van der Waals surface area contributed by atoms with Crippen LogP contribution < -0.4 is 20.2 Å². The van der Waals surface area contributed by atoms with Crippen LogP contribution in [0.4, 0.5) is 10.5 Å². The maximum atomic E-state index is 13.2. The molecule has 168 valence electrons. The minimum absolute atomic E-state index is 0.241. The van der Waals surface area contributed by atoms with E-state index in [0.29, 0.717) is 23.7 Å². The van der Waals surface area contributed by atoms with Gasteiger partial charge in [0.05, 0.1) is 18.1 Å². The molecule has 6 nitrogen and oxygen atoms in total. The summed E-state index contributed by atoms with van der Waals surface area (Å²) in [5.41, 5.74) is 8.67. The molecule has 3 aromatic rings. The lowest BCUT2D eigenvalue weighted by Gasteiger charge is -2.19. The maximum Gasteiger partial charge on any atom is 0.340 e. The number of nitrogens with zero attached hydrogens (tertiary/aromatic N) is 1. The van der Waals surface area contributed by atoms with Gasteiger partial charge in [-0.1, -0.05) is 60.7 Å². The number of hydrogen-bond acceptors (Lipinski definition) is 4. The van der Waals surface area contributed by atoms with Crippen molar-refractivity contribution in [3.63, 3.8) is 0 Å². The summed E-state index contributed by atoms with van der Waals surface area (Å²) in [6.45, 7) is 4.08. The van der Waals surface area contributed by atoms with Crippen molar-refractivity contribution in [3.05, 3.63) is 89.5 Å². The Kier molecular flexibility index (Phi) is 5.38. The Balaban J connectivity index is 1.40. The number of ether oxygens (including phenoxy) is 2. The second-order valence-corrected chi connectivity index (χ2v) is 8.68. The van der Waals surface area contributed by atoms with Crippen molar-refractivity contribution in [1.29, 1.82) is 0 Å². The fraction of sp³-hybridized carbons (Fsp3) is 0.192. The van der Waals surface area contributed by atoms with Gasteiger partial charge in [0.25, 0.3) is 0 Å². The van der Waals surface area contributed by atoms with E-state index >= 15 is 0 Å². The molecule has 0 fully saturated rings. The topological polar surface area (TPSA) is 62.8 Å². The molecule has 0 bridgehead atoms. The third-order valence-electron chi connectivity index (χ3n) is 5.53. The van der Waals surface area contributed by atoms with Crippen LogP contribution in [-0.2, 0) is 5.88 Å². The second kappa shape index (κ2) is 8.37. The molecule has 2 N–H and O–H groups in total. The van der Waals surface area contributed by atoms with Crippen LogP contribution in [0.5, 0.6) is 11.5 Å². The number of carbonyl (C=O) groups is 1. The lowest BCUT2D eigenvalue weighted by molar-refractivity contribution is -0.0434. The number of anilines is 1. The van der Waals surface area contributed by atoms with E-state index in [9.17, 15) is 4.79 Å². The van der Waals surface area contributed by atoms with Crippen molar-refractivity contribution in [1.82, 2.24) is 10.4 Å². The standard InChI is InChI=1S/C26H24ClN3O3/c1-26(2)32-22-14-20(13-19(15-27)24(22)33-26)28-25(31)30-16-21(17-9-5-3-6-10-17)23(29-30)18-11-7-4-8-12-18/h3-14,29H,15-16H2,1-2H3,(H,28,31). The quantitative estimate of drug-likeness (QED) is 0.478. The third-order valence-corrected chi connectivity index (χ3v) is 5.81. The maximum absolute atomic E-state index is 13.2. The van der Waals surface area contributed by atoms with Crippen LogP contribution in [0.1, 0.15) is 30.5 Å². The van der Waals surface area contributed by atoms with Gasteiger partial charge in [0.15, 0.2) is 11.5 Å². The predicted octanol–water partition coefficient (Wildman–Crippen LogP) is 5.85. The van der Waals surface area contributed by atoms with Crippen LogP contribution in [0.2, 0.25) is 0 Å². The van der Waals surface area contributed by atoms with Gasteiger partial charge in [0, 0.05) is 36.7 Å².